The van der Waals surface area contributed by atoms with Gasteiger partial charge in [-0.3, -0.25) is 4.90 Å². The molecule has 1 aromatic carbocycles. The number of nitrogens with zero attached hydrogens (tertiary/aromatic N) is 2. The van der Waals surface area contributed by atoms with Crippen LogP contribution in [-0.4, -0.2) is 48.2 Å². The van der Waals surface area contributed by atoms with Gasteiger partial charge in [-0.2, -0.15) is 0 Å². The number of anilines is 1. The molecule has 0 radical (unpaired) electrons. The molecule has 3 fully saturated rings. The van der Waals surface area contributed by atoms with E-state index in [4.69, 9.17) is 5.11 Å². The van der Waals surface area contributed by atoms with E-state index in [9.17, 15) is 4.79 Å². The average molecular weight is 246 g/mol. The summed E-state index contributed by atoms with van der Waals surface area (Å²) in [6.45, 7) is 3.86. The van der Waals surface area contributed by atoms with Crippen LogP contribution in [0.4, 0.5) is 5.69 Å². The first-order chi connectivity index (χ1) is 8.56. The fraction of sp³-hybridized carbons (Fsp3) is 0.500. The second-order valence-corrected chi connectivity index (χ2v) is 5.42. The van der Waals surface area contributed by atoms with Crippen LogP contribution in [0.5, 0.6) is 0 Å². The van der Waals surface area contributed by atoms with Crippen LogP contribution in [0.3, 0.4) is 0 Å². The molecule has 0 unspecified atom stereocenters. The Hall–Kier alpha value is -1.55. The molecule has 4 heteroatoms. The molecule has 0 spiro atoms. The van der Waals surface area contributed by atoms with Crippen LogP contribution >= 0.6 is 0 Å². The molecule has 0 aliphatic carbocycles. The Morgan fingerprint density at radius 2 is 2.00 bits per heavy atom. The number of carbonyl (C=O) groups is 1. The Balaban J connectivity index is 1.85. The van der Waals surface area contributed by atoms with Crippen molar-refractivity contribution in [3.05, 3.63) is 29.3 Å². The van der Waals surface area contributed by atoms with Crippen LogP contribution in [0.15, 0.2) is 18.2 Å². The molecule has 3 aliphatic heterocycles. The third-order valence-corrected chi connectivity index (χ3v) is 4.38. The lowest BCUT2D eigenvalue weighted by molar-refractivity contribution is 0.0264. The number of hydrogen-bond donors (Lipinski definition) is 1. The fourth-order valence-corrected chi connectivity index (χ4v) is 3.04. The summed E-state index contributed by atoms with van der Waals surface area (Å²) in [5.41, 5.74) is 2.28. The summed E-state index contributed by atoms with van der Waals surface area (Å²) in [4.78, 5) is 15.9. The number of aryl methyl sites for hydroxylation is 1. The van der Waals surface area contributed by atoms with Gasteiger partial charge in [0.1, 0.15) is 0 Å². The Kier molecular flexibility index (Phi) is 2.55. The monoisotopic (exact) mass is 246 g/mol. The molecule has 2 bridgehead atoms. The van der Waals surface area contributed by atoms with E-state index in [1.54, 1.807) is 0 Å². The highest BCUT2D eigenvalue weighted by Gasteiger charge is 2.42. The number of likely N-dealkylation sites (N-methyl/N-ethyl adjacent to an activating group) is 1. The normalized spacial score (nSPS) is 26.9. The molecule has 3 saturated heterocycles. The van der Waals surface area contributed by atoms with Crippen molar-refractivity contribution in [1.29, 1.82) is 0 Å². The van der Waals surface area contributed by atoms with Crippen LogP contribution < -0.4 is 4.90 Å². The standard InChI is InChI=1S/C14H18N2O2/c1-9-3-4-10(6-13(9)14(17)18)16-7-11-5-12(8-16)15(11)2/h3-4,6,11-12H,5,7-8H2,1-2H3,(H,17,18)/t11-,12+. The molecule has 3 heterocycles. The molecule has 0 saturated carbocycles. The topological polar surface area (TPSA) is 43.8 Å². The molecule has 0 amide bonds. The van der Waals surface area contributed by atoms with E-state index in [-0.39, 0.29) is 0 Å². The molecule has 0 aromatic heterocycles. The maximum absolute atomic E-state index is 11.2. The van der Waals surface area contributed by atoms with Gasteiger partial charge in [-0.15, -0.1) is 0 Å². The van der Waals surface area contributed by atoms with Gasteiger partial charge in [0.15, 0.2) is 0 Å². The van der Waals surface area contributed by atoms with Crippen molar-refractivity contribution >= 4 is 11.7 Å². The van der Waals surface area contributed by atoms with Gasteiger partial charge in [0.25, 0.3) is 0 Å². The Labute approximate surface area is 107 Å². The minimum Gasteiger partial charge on any atom is -0.478 e. The van der Waals surface area contributed by atoms with Gasteiger partial charge < -0.3 is 10.0 Å². The van der Waals surface area contributed by atoms with Crippen LogP contribution in [0.2, 0.25) is 0 Å². The highest BCUT2D eigenvalue weighted by molar-refractivity contribution is 5.90. The average Bonchev–Trinajstić information content (AvgIpc) is 2.38. The van der Waals surface area contributed by atoms with Crippen LogP contribution in [0.1, 0.15) is 22.3 Å². The van der Waals surface area contributed by atoms with Gasteiger partial charge in [-0.25, -0.2) is 4.79 Å². The molecule has 1 N–H and O–H groups in total. The Morgan fingerprint density at radius 1 is 1.33 bits per heavy atom. The van der Waals surface area contributed by atoms with Crippen LogP contribution in [0.25, 0.3) is 0 Å². The third-order valence-electron chi connectivity index (χ3n) is 4.38. The SMILES string of the molecule is Cc1ccc(N2C[C@H]3C[C@@H](C2)N3C)cc1C(=O)O. The van der Waals surface area contributed by atoms with E-state index in [2.05, 4.69) is 16.8 Å². The number of piperidine rings is 1. The smallest absolute Gasteiger partial charge is 0.336 e. The van der Waals surface area contributed by atoms with Crippen molar-refractivity contribution in [2.75, 3.05) is 25.0 Å². The predicted octanol–water partition coefficient (Wildman–Crippen LogP) is 1.59. The number of rotatable bonds is 2. The number of benzene rings is 1. The second-order valence-electron chi connectivity index (χ2n) is 5.42. The summed E-state index contributed by atoms with van der Waals surface area (Å²) in [6.07, 6.45) is 1.28. The second kappa shape index (κ2) is 3.99. The molecule has 3 aliphatic rings. The number of carboxylic acid groups (broad SMARTS) is 1. The Morgan fingerprint density at radius 3 is 2.56 bits per heavy atom. The van der Waals surface area contributed by atoms with E-state index < -0.39 is 5.97 Å². The predicted molar refractivity (Wildman–Crippen MR) is 70.3 cm³/mol. The molecular formula is C14H18N2O2. The summed E-state index contributed by atoms with van der Waals surface area (Å²) in [7, 11) is 2.17. The Bertz CT molecular complexity index is 489. The largest absolute Gasteiger partial charge is 0.478 e. The van der Waals surface area contributed by atoms with E-state index >= 15 is 0 Å². The summed E-state index contributed by atoms with van der Waals surface area (Å²) >= 11 is 0. The van der Waals surface area contributed by atoms with E-state index in [0.29, 0.717) is 17.6 Å². The quantitative estimate of drug-likeness (QED) is 0.860. The van der Waals surface area contributed by atoms with Crippen LogP contribution in [-0.2, 0) is 0 Å². The zero-order valence-corrected chi connectivity index (χ0v) is 10.8. The summed E-state index contributed by atoms with van der Waals surface area (Å²) in [5.74, 6) is -0.839. The van der Waals surface area contributed by atoms with Crippen molar-refractivity contribution in [1.82, 2.24) is 4.90 Å². The highest BCUT2D eigenvalue weighted by Crippen LogP contribution is 2.33. The van der Waals surface area contributed by atoms with Gasteiger partial charge in [-0.1, -0.05) is 6.07 Å². The maximum atomic E-state index is 11.2. The van der Waals surface area contributed by atoms with Crippen molar-refractivity contribution in [2.45, 2.75) is 25.4 Å². The first-order valence-corrected chi connectivity index (χ1v) is 6.37. The van der Waals surface area contributed by atoms with Gasteiger partial charge in [0.2, 0.25) is 0 Å². The lowest BCUT2D eigenvalue weighted by Crippen LogP contribution is -2.67. The molecule has 1 aromatic rings. The minimum absolute atomic E-state index is 0.417. The van der Waals surface area contributed by atoms with Crippen molar-refractivity contribution in [2.24, 2.45) is 0 Å². The lowest BCUT2D eigenvalue weighted by atomic mass is 9.88. The van der Waals surface area contributed by atoms with Gasteiger partial charge in [0, 0.05) is 30.9 Å². The minimum atomic E-state index is -0.839. The molecule has 2 atom stereocenters. The number of piperazine rings is 1. The number of carboxylic acids is 1. The zero-order valence-electron chi connectivity index (χ0n) is 10.8. The number of hydrogen-bond acceptors (Lipinski definition) is 3. The fourth-order valence-electron chi connectivity index (χ4n) is 3.04. The van der Waals surface area contributed by atoms with Gasteiger partial charge >= 0.3 is 5.97 Å². The summed E-state index contributed by atoms with van der Waals surface area (Å²) in [5, 5.41) is 9.16. The van der Waals surface area contributed by atoms with E-state index in [1.807, 2.05) is 25.1 Å². The first-order valence-electron chi connectivity index (χ1n) is 6.37. The van der Waals surface area contributed by atoms with Gasteiger partial charge in [-0.05, 0) is 38.1 Å². The summed E-state index contributed by atoms with van der Waals surface area (Å²) < 4.78 is 0. The number of fused-ring (bicyclic) bond motifs is 2. The molecule has 4 rings (SSSR count). The highest BCUT2D eigenvalue weighted by atomic mass is 16.4. The molecular weight excluding hydrogens is 228 g/mol. The first kappa shape index (κ1) is 11.5. The summed E-state index contributed by atoms with van der Waals surface area (Å²) in [6, 6.07) is 7.02. The molecule has 96 valence electrons. The van der Waals surface area contributed by atoms with E-state index in [1.165, 1.54) is 6.42 Å². The maximum Gasteiger partial charge on any atom is 0.336 e. The van der Waals surface area contributed by atoms with Crippen molar-refractivity contribution in [3.8, 4) is 0 Å². The molecule has 4 nitrogen and oxygen atoms in total. The van der Waals surface area contributed by atoms with E-state index in [0.717, 1.165) is 24.3 Å². The molecule has 18 heavy (non-hydrogen) atoms. The van der Waals surface area contributed by atoms with Crippen molar-refractivity contribution < 1.29 is 9.90 Å². The van der Waals surface area contributed by atoms with Crippen LogP contribution in [0, 0.1) is 6.92 Å². The third kappa shape index (κ3) is 1.68. The number of aromatic carboxylic acids is 1. The lowest BCUT2D eigenvalue weighted by Gasteiger charge is -2.55. The zero-order chi connectivity index (χ0) is 12.9. The van der Waals surface area contributed by atoms with Gasteiger partial charge in [0.05, 0.1) is 5.56 Å². The van der Waals surface area contributed by atoms with Crippen molar-refractivity contribution in [3.63, 3.8) is 0 Å².